The van der Waals surface area contributed by atoms with Gasteiger partial charge in [0.15, 0.2) is 0 Å². The van der Waals surface area contributed by atoms with Crippen molar-refractivity contribution in [2.75, 3.05) is 6.54 Å². The maximum absolute atomic E-state index is 3.78. The Labute approximate surface area is 119 Å². The molecule has 0 amide bonds. The van der Waals surface area contributed by atoms with Crippen LogP contribution >= 0.6 is 15.9 Å². The molecule has 0 radical (unpaired) electrons. The number of halogens is 1. The van der Waals surface area contributed by atoms with Gasteiger partial charge in [-0.05, 0) is 55.3 Å². The van der Waals surface area contributed by atoms with E-state index < -0.39 is 0 Å². The van der Waals surface area contributed by atoms with Crippen molar-refractivity contribution in [3.05, 3.63) is 34.3 Å². The third kappa shape index (κ3) is 3.83. The van der Waals surface area contributed by atoms with Crippen molar-refractivity contribution >= 4 is 15.9 Å². The van der Waals surface area contributed by atoms with Crippen LogP contribution in [-0.2, 0) is 6.42 Å². The topological polar surface area (TPSA) is 12.0 Å². The molecule has 0 spiro atoms. The molecular formula is C16H24BrN. The van der Waals surface area contributed by atoms with Crippen LogP contribution < -0.4 is 5.32 Å². The van der Waals surface area contributed by atoms with Gasteiger partial charge in [-0.2, -0.15) is 0 Å². The SMILES string of the molecule is CC(C)(C)CC1(Cc2ccc(Br)cc2)CCCN1. The van der Waals surface area contributed by atoms with E-state index in [1.807, 2.05) is 0 Å². The average molecular weight is 310 g/mol. The van der Waals surface area contributed by atoms with Crippen molar-refractivity contribution in [2.45, 2.75) is 52.0 Å². The highest BCUT2D eigenvalue weighted by Crippen LogP contribution is 2.35. The molecule has 0 aliphatic carbocycles. The zero-order chi connectivity index (χ0) is 13.2. The second-order valence-corrected chi connectivity index (χ2v) is 7.77. The molecule has 1 heterocycles. The molecule has 18 heavy (non-hydrogen) atoms. The lowest BCUT2D eigenvalue weighted by molar-refractivity contribution is 0.229. The van der Waals surface area contributed by atoms with E-state index in [1.54, 1.807) is 0 Å². The van der Waals surface area contributed by atoms with E-state index in [0.717, 1.165) is 10.9 Å². The lowest BCUT2D eigenvalue weighted by Gasteiger charge is -2.36. The van der Waals surface area contributed by atoms with E-state index >= 15 is 0 Å². The van der Waals surface area contributed by atoms with Gasteiger partial charge in [0.1, 0.15) is 0 Å². The Morgan fingerprint density at radius 2 is 1.89 bits per heavy atom. The van der Waals surface area contributed by atoms with E-state index in [0.29, 0.717) is 11.0 Å². The molecule has 0 saturated carbocycles. The fraction of sp³-hybridized carbons (Fsp3) is 0.625. The standard InChI is InChI=1S/C16H24BrN/c1-15(2,3)12-16(9-4-10-18-16)11-13-5-7-14(17)8-6-13/h5-8,18H,4,9-12H2,1-3H3. The van der Waals surface area contributed by atoms with E-state index in [9.17, 15) is 0 Å². The highest BCUT2D eigenvalue weighted by Gasteiger charge is 2.36. The first kappa shape index (κ1) is 14.1. The highest BCUT2D eigenvalue weighted by atomic mass is 79.9. The molecule has 1 aromatic rings. The lowest BCUT2D eigenvalue weighted by Crippen LogP contribution is -2.44. The monoisotopic (exact) mass is 309 g/mol. The van der Waals surface area contributed by atoms with Gasteiger partial charge in [-0.25, -0.2) is 0 Å². The molecule has 1 fully saturated rings. The predicted molar refractivity (Wildman–Crippen MR) is 81.9 cm³/mol. The maximum Gasteiger partial charge on any atom is 0.0227 e. The van der Waals surface area contributed by atoms with Crippen LogP contribution in [0.25, 0.3) is 0 Å². The van der Waals surface area contributed by atoms with E-state index in [4.69, 9.17) is 0 Å². The highest BCUT2D eigenvalue weighted by molar-refractivity contribution is 9.10. The second-order valence-electron chi connectivity index (χ2n) is 6.85. The summed E-state index contributed by atoms with van der Waals surface area (Å²) in [5, 5.41) is 3.78. The van der Waals surface area contributed by atoms with E-state index in [1.165, 1.54) is 31.4 Å². The summed E-state index contributed by atoms with van der Waals surface area (Å²) in [5.41, 5.74) is 2.13. The molecule has 1 aliphatic heterocycles. The average Bonchev–Trinajstić information content (AvgIpc) is 2.67. The molecule has 1 aromatic carbocycles. The van der Waals surface area contributed by atoms with Gasteiger partial charge in [0.05, 0.1) is 0 Å². The number of hydrogen-bond donors (Lipinski definition) is 1. The Balaban J connectivity index is 2.13. The molecule has 1 atom stereocenters. The maximum atomic E-state index is 3.78. The van der Waals surface area contributed by atoms with Crippen LogP contribution in [0.15, 0.2) is 28.7 Å². The largest absolute Gasteiger partial charge is 0.311 e. The number of nitrogens with one attached hydrogen (secondary N) is 1. The van der Waals surface area contributed by atoms with Gasteiger partial charge in [0.2, 0.25) is 0 Å². The molecular weight excluding hydrogens is 286 g/mol. The fourth-order valence-electron chi connectivity index (χ4n) is 3.24. The van der Waals surface area contributed by atoms with Crippen molar-refractivity contribution in [1.82, 2.24) is 5.32 Å². The third-order valence-corrected chi connectivity index (χ3v) is 4.19. The molecule has 100 valence electrons. The van der Waals surface area contributed by atoms with Gasteiger partial charge >= 0.3 is 0 Å². The molecule has 0 bridgehead atoms. The summed E-state index contributed by atoms with van der Waals surface area (Å²) >= 11 is 3.50. The van der Waals surface area contributed by atoms with Crippen molar-refractivity contribution in [1.29, 1.82) is 0 Å². The molecule has 0 aromatic heterocycles. The zero-order valence-electron chi connectivity index (χ0n) is 11.7. The van der Waals surface area contributed by atoms with Crippen LogP contribution in [0.5, 0.6) is 0 Å². The van der Waals surface area contributed by atoms with Crippen LogP contribution in [0.3, 0.4) is 0 Å². The minimum atomic E-state index is 0.312. The van der Waals surface area contributed by atoms with Crippen LogP contribution in [0.2, 0.25) is 0 Å². The van der Waals surface area contributed by atoms with Gasteiger partial charge < -0.3 is 5.32 Å². The number of benzene rings is 1. The summed E-state index contributed by atoms with van der Waals surface area (Å²) < 4.78 is 1.16. The summed E-state index contributed by atoms with van der Waals surface area (Å²) in [7, 11) is 0. The normalized spacial score (nSPS) is 24.4. The molecule has 1 saturated heterocycles. The lowest BCUT2D eigenvalue weighted by atomic mass is 9.76. The Morgan fingerprint density at radius 3 is 2.39 bits per heavy atom. The molecule has 1 aliphatic rings. The van der Waals surface area contributed by atoms with Crippen LogP contribution in [-0.4, -0.2) is 12.1 Å². The van der Waals surface area contributed by atoms with Gasteiger partial charge in [0.25, 0.3) is 0 Å². The first-order chi connectivity index (χ1) is 8.39. The third-order valence-electron chi connectivity index (χ3n) is 3.66. The Morgan fingerprint density at radius 1 is 1.22 bits per heavy atom. The Hall–Kier alpha value is -0.340. The Bertz CT molecular complexity index is 383. The summed E-state index contributed by atoms with van der Waals surface area (Å²) in [6.45, 7) is 8.20. The number of hydrogen-bond acceptors (Lipinski definition) is 1. The predicted octanol–water partition coefficient (Wildman–Crippen LogP) is 4.55. The van der Waals surface area contributed by atoms with Crippen molar-refractivity contribution in [3.63, 3.8) is 0 Å². The zero-order valence-corrected chi connectivity index (χ0v) is 13.3. The van der Waals surface area contributed by atoms with Gasteiger partial charge in [-0.3, -0.25) is 0 Å². The fourth-order valence-corrected chi connectivity index (χ4v) is 3.51. The van der Waals surface area contributed by atoms with Gasteiger partial charge in [-0.1, -0.05) is 48.8 Å². The minimum absolute atomic E-state index is 0.312. The molecule has 1 unspecified atom stereocenters. The van der Waals surface area contributed by atoms with Crippen LogP contribution in [0, 0.1) is 5.41 Å². The van der Waals surface area contributed by atoms with Gasteiger partial charge in [0, 0.05) is 10.0 Å². The van der Waals surface area contributed by atoms with Gasteiger partial charge in [-0.15, -0.1) is 0 Å². The van der Waals surface area contributed by atoms with Crippen molar-refractivity contribution in [2.24, 2.45) is 5.41 Å². The van der Waals surface area contributed by atoms with Crippen LogP contribution in [0.4, 0.5) is 0 Å². The smallest absolute Gasteiger partial charge is 0.0227 e. The first-order valence-electron chi connectivity index (χ1n) is 6.88. The summed E-state index contributed by atoms with van der Waals surface area (Å²) in [6, 6.07) is 8.78. The van der Waals surface area contributed by atoms with E-state index in [2.05, 4.69) is 66.3 Å². The molecule has 2 heteroatoms. The summed E-state index contributed by atoms with van der Waals surface area (Å²) in [4.78, 5) is 0. The van der Waals surface area contributed by atoms with Crippen molar-refractivity contribution in [3.8, 4) is 0 Å². The minimum Gasteiger partial charge on any atom is -0.311 e. The van der Waals surface area contributed by atoms with E-state index in [-0.39, 0.29) is 0 Å². The summed E-state index contributed by atoms with van der Waals surface area (Å²) in [5.74, 6) is 0. The number of rotatable bonds is 3. The Kier molecular flexibility index (Phi) is 4.18. The van der Waals surface area contributed by atoms with Crippen molar-refractivity contribution < 1.29 is 0 Å². The molecule has 2 rings (SSSR count). The first-order valence-corrected chi connectivity index (χ1v) is 7.67. The molecule has 1 nitrogen and oxygen atoms in total. The summed E-state index contributed by atoms with van der Waals surface area (Å²) in [6.07, 6.45) is 5.01. The molecule has 1 N–H and O–H groups in total. The second kappa shape index (κ2) is 5.34. The van der Waals surface area contributed by atoms with Crippen LogP contribution in [0.1, 0.15) is 45.6 Å². The quantitative estimate of drug-likeness (QED) is 0.863.